The minimum atomic E-state index is -0.281. The predicted molar refractivity (Wildman–Crippen MR) is 119 cm³/mol. The van der Waals surface area contributed by atoms with Gasteiger partial charge in [0.05, 0.1) is 13.7 Å². The molecule has 1 rings (SSSR count). The Morgan fingerprint density at radius 3 is 2.43 bits per heavy atom. The molecule has 0 fully saturated rings. The van der Waals surface area contributed by atoms with E-state index >= 15 is 0 Å². The number of rotatable bonds is 9. The summed E-state index contributed by atoms with van der Waals surface area (Å²) >= 11 is 0. The zero-order valence-corrected chi connectivity index (χ0v) is 18.4. The van der Waals surface area contributed by atoms with Crippen LogP contribution in [-0.2, 0) is 9.53 Å². The molecule has 0 spiro atoms. The molecule has 0 saturated carbocycles. The minimum absolute atomic E-state index is 0.281. The molecule has 0 aliphatic rings. The molecule has 0 amide bonds. The van der Waals surface area contributed by atoms with Crippen molar-refractivity contribution in [2.24, 2.45) is 0 Å². The molecule has 0 aliphatic carbocycles. The molecule has 0 radical (unpaired) electrons. The van der Waals surface area contributed by atoms with Gasteiger partial charge in [0.15, 0.2) is 0 Å². The highest BCUT2D eigenvalue weighted by molar-refractivity contribution is 5.83. The van der Waals surface area contributed by atoms with E-state index in [4.69, 9.17) is 9.47 Å². The number of allylic oxidation sites excluding steroid dienone is 6. The summed E-state index contributed by atoms with van der Waals surface area (Å²) in [6.45, 7) is 12.8. The summed E-state index contributed by atoms with van der Waals surface area (Å²) in [5.74, 6) is 0.648. The van der Waals surface area contributed by atoms with E-state index in [1.54, 1.807) is 7.11 Å². The Labute approximate surface area is 170 Å². The summed E-state index contributed by atoms with van der Waals surface area (Å²) in [5, 5.41) is 0. The van der Waals surface area contributed by atoms with Crippen LogP contribution in [0.15, 0.2) is 47.6 Å². The van der Waals surface area contributed by atoms with Crippen LogP contribution in [0.3, 0.4) is 0 Å². The Morgan fingerprint density at radius 2 is 1.79 bits per heavy atom. The Balaban J connectivity index is 2.79. The van der Waals surface area contributed by atoms with Crippen molar-refractivity contribution >= 4 is 12.0 Å². The number of methoxy groups -OCH3 is 1. The first kappa shape index (κ1) is 23.5. The van der Waals surface area contributed by atoms with Gasteiger partial charge in [-0.1, -0.05) is 49.3 Å². The topological polar surface area (TPSA) is 35.5 Å². The molecule has 0 aromatic heterocycles. The Kier molecular flexibility index (Phi) is 10.1. The van der Waals surface area contributed by atoms with E-state index in [9.17, 15) is 4.79 Å². The molecular weight excluding hydrogens is 348 g/mol. The molecule has 0 aliphatic heterocycles. The van der Waals surface area contributed by atoms with Crippen LogP contribution in [-0.4, -0.2) is 19.7 Å². The molecule has 0 bridgehead atoms. The highest BCUT2D eigenvalue weighted by atomic mass is 16.5. The van der Waals surface area contributed by atoms with Crippen molar-refractivity contribution in [2.45, 2.75) is 54.4 Å². The molecule has 28 heavy (non-hydrogen) atoms. The molecule has 3 heteroatoms. The maximum Gasteiger partial charge on any atom is 0.331 e. The predicted octanol–water partition coefficient (Wildman–Crippen LogP) is 6.43. The molecule has 152 valence electrons. The fourth-order valence-electron chi connectivity index (χ4n) is 2.75. The Hall–Kier alpha value is -2.55. The van der Waals surface area contributed by atoms with Crippen molar-refractivity contribution in [3.8, 4) is 5.75 Å². The molecule has 1 aromatic carbocycles. The maximum absolute atomic E-state index is 11.7. The molecule has 0 atom stereocenters. The second-order valence-corrected chi connectivity index (χ2v) is 7.07. The number of carbonyl (C=O) groups excluding carboxylic acids is 1. The van der Waals surface area contributed by atoms with E-state index in [0.29, 0.717) is 6.61 Å². The summed E-state index contributed by atoms with van der Waals surface area (Å²) in [5.41, 5.74) is 6.81. The van der Waals surface area contributed by atoms with Crippen molar-refractivity contribution in [1.29, 1.82) is 0 Å². The van der Waals surface area contributed by atoms with Crippen LogP contribution in [0, 0.1) is 20.8 Å². The average Bonchev–Trinajstić information content (AvgIpc) is 2.64. The van der Waals surface area contributed by atoms with Gasteiger partial charge in [-0.25, -0.2) is 4.79 Å². The molecule has 3 nitrogen and oxygen atoms in total. The van der Waals surface area contributed by atoms with Crippen molar-refractivity contribution < 1.29 is 14.3 Å². The van der Waals surface area contributed by atoms with Gasteiger partial charge < -0.3 is 9.47 Å². The quantitative estimate of drug-likeness (QED) is 0.214. The molecule has 0 saturated heterocycles. The number of aryl methyl sites for hydroxylation is 1. The molecule has 0 heterocycles. The Bertz CT molecular complexity index is 793. The number of benzene rings is 1. The number of carbonyl (C=O) groups is 1. The third-order valence-corrected chi connectivity index (χ3v) is 4.65. The number of ether oxygens (including phenoxy) is 2. The second-order valence-electron chi connectivity index (χ2n) is 7.07. The van der Waals surface area contributed by atoms with Crippen molar-refractivity contribution in [3.05, 3.63) is 69.8 Å². The summed E-state index contributed by atoms with van der Waals surface area (Å²) in [6, 6.07) is 2.08. The second kappa shape index (κ2) is 12.0. The van der Waals surface area contributed by atoms with E-state index in [0.717, 1.165) is 29.7 Å². The van der Waals surface area contributed by atoms with Crippen LogP contribution in [0.1, 0.15) is 55.9 Å². The van der Waals surface area contributed by atoms with Gasteiger partial charge in [0.25, 0.3) is 0 Å². The van der Waals surface area contributed by atoms with Crippen LogP contribution in [0.2, 0.25) is 0 Å². The van der Waals surface area contributed by atoms with E-state index in [2.05, 4.69) is 52.8 Å². The number of hydrogen-bond acceptors (Lipinski definition) is 3. The number of hydrogen-bond donors (Lipinski definition) is 0. The van der Waals surface area contributed by atoms with Crippen LogP contribution < -0.4 is 4.74 Å². The summed E-state index contributed by atoms with van der Waals surface area (Å²) in [7, 11) is 1.71. The van der Waals surface area contributed by atoms with Crippen molar-refractivity contribution in [2.75, 3.05) is 13.7 Å². The number of esters is 1. The van der Waals surface area contributed by atoms with E-state index < -0.39 is 0 Å². The lowest BCUT2D eigenvalue weighted by Crippen LogP contribution is -2.02. The van der Waals surface area contributed by atoms with Crippen molar-refractivity contribution in [1.82, 2.24) is 0 Å². The average molecular weight is 383 g/mol. The van der Waals surface area contributed by atoms with E-state index in [-0.39, 0.29) is 5.97 Å². The zero-order valence-electron chi connectivity index (χ0n) is 18.4. The zero-order chi connectivity index (χ0) is 21.1. The highest BCUT2D eigenvalue weighted by Crippen LogP contribution is 2.28. The SMILES string of the molecule is CCCCOC(=O)C=C(C)C=CC=C(C)C=Cc1c(C)cc(OC)c(C)c1C. The first-order valence-electron chi connectivity index (χ1n) is 9.83. The molecule has 0 unspecified atom stereocenters. The molecule has 0 N–H and O–H groups in total. The van der Waals surface area contributed by atoms with Gasteiger partial charge in [-0.05, 0) is 74.9 Å². The van der Waals surface area contributed by atoms with Crippen LogP contribution in [0.4, 0.5) is 0 Å². The van der Waals surface area contributed by atoms with Crippen LogP contribution in [0.5, 0.6) is 5.75 Å². The third kappa shape index (κ3) is 7.59. The maximum atomic E-state index is 11.7. The Morgan fingerprint density at radius 1 is 1.07 bits per heavy atom. The summed E-state index contributed by atoms with van der Waals surface area (Å²) in [6.07, 6.45) is 13.6. The van der Waals surface area contributed by atoms with Crippen molar-refractivity contribution in [3.63, 3.8) is 0 Å². The molecule has 1 aromatic rings. The van der Waals surface area contributed by atoms with E-state index in [1.165, 1.54) is 28.3 Å². The largest absolute Gasteiger partial charge is 0.496 e. The molecular formula is C25H34O3. The fraction of sp³-hybridized carbons (Fsp3) is 0.400. The van der Waals surface area contributed by atoms with Crippen LogP contribution in [0.25, 0.3) is 6.08 Å². The number of unbranched alkanes of at least 4 members (excludes halogenated alkanes) is 1. The van der Waals surface area contributed by atoms with Gasteiger partial charge >= 0.3 is 5.97 Å². The fourth-order valence-corrected chi connectivity index (χ4v) is 2.75. The van der Waals surface area contributed by atoms with Gasteiger partial charge in [-0.15, -0.1) is 0 Å². The lowest BCUT2D eigenvalue weighted by Gasteiger charge is -2.13. The summed E-state index contributed by atoms with van der Waals surface area (Å²) < 4.78 is 10.6. The minimum Gasteiger partial charge on any atom is -0.496 e. The standard InChI is InChI=1S/C25H34O3/c1-8-9-15-28-25(26)16-19(3)12-10-11-18(2)13-14-23-20(4)17-24(27-7)22(6)21(23)5/h10-14,16-17H,8-9,15H2,1-7H3. The highest BCUT2D eigenvalue weighted by Gasteiger charge is 2.08. The normalized spacial score (nSPS) is 12.8. The van der Waals surface area contributed by atoms with Crippen LogP contribution >= 0.6 is 0 Å². The lowest BCUT2D eigenvalue weighted by molar-refractivity contribution is -0.137. The van der Waals surface area contributed by atoms with Gasteiger partial charge in [-0.3, -0.25) is 0 Å². The first-order chi connectivity index (χ1) is 13.3. The van der Waals surface area contributed by atoms with E-state index in [1.807, 2.05) is 25.2 Å². The summed E-state index contributed by atoms with van der Waals surface area (Å²) in [4.78, 5) is 11.7. The van der Waals surface area contributed by atoms with Gasteiger partial charge in [0.2, 0.25) is 0 Å². The third-order valence-electron chi connectivity index (χ3n) is 4.65. The lowest BCUT2D eigenvalue weighted by atomic mass is 9.96. The first-order valence-corrected chi connectivity index (χ1v) is 9.83. The van der Waals surface area contributed by atoms with Gasteiger partial charge in [0, 0.05) is 6.08 Å². The smallest absolute Gasteiger partial charge is 0.331 e. The van der Waals surface area contributed by atoms with Gasteiger partial charge in [-0.2, -0.15) is 0 Å². The monoisotopic (exact) mass is 382 g/mol. The van der Waals surface area contributed by atoms with Gasteiger partial charge in [0.1, 0.15) is 5.75 Å².